The number of hydrogen-bond acceptors (Lipinski definition) is 1. The van der Waals surface area contributed by atoms with Crippen molar-refractivity contribution in [2.75, 3.05) is 0 Å². The molecule has 0 amide bonds. The Balaban J connectivity index is 1.74. The third-order valence-corrected chi connectivity index (χ3v) is 9.36. The van der Waals surface area contributed by atoms with Gasteiger partial charge in [-0.25, -0.2) is 0 Å². The lowest BCUT2D eigenvalue weighted by Gasteiger charge is -2.65. The maximum absolute atomic E-state index is 7.28. The lowest BCUT2D eigenvalue weighted by atomic mass is 9.41. The summed E-state index contributed by atoms with van der Waals surface area (Å²) in [6, 6.07) is 0. The van der Waals surface area contributed by atoms with Crippen LogP contribution in [-0.2, 0) is 0 Å². The topological polar surface area (TPSA) is 26.0 Å². The van der Waals surface area contributed by atoms with Gasteiger partial charge in [0.2, 0.25) is 0 Å². The monoisotopic (exact) mass is 289 g/mol. The molecule has 2 N–H and O–H groups in total. The van der Waals surface area contributed by atoms with Crippen molar-refractivity contribution in [2.24, 2.45) is 40.2 Å². The fraction of sp³-hybridized carbons (Fsp3) is 1.00. The lowest BCUT2D eigenvalue weighted by Crippen LogP contribution is -2.68. The predicted molar refractivity (Wildman–Crippen MR) is 88.9 cm³/mol. The maximum Gasteiger partial charge on any atom is 0.0219 e. The van der Waals surface area contributed by atoms with E-state index in [0.29, 0.717) is 10.8 Å². The third kappa shape index (κ3) is 1.68. The second kappa shape index (κ2) is 4.49. The summed E-state index contributed by atoms with van der Waals surface area (Å²) in [4.78, 5) is 0. The Morgan fingerprint density at radius 1 is 0.857 bits per heavy atom. The maximum atomic E-state index is 7.28. The molecule has 4 aliphatic rings. The van der Waals surface area contributed by atoms with Gasteiger partial charge in [0.25, 0.3) is 0 Å². The van der Waals surface area contributed by atoms with Crippen LogP contribution in [0, 0.1) is 34.5 Å². The number of rotatable bonds is 0. The average Bonchev–Trinajstić information content (AvgIpc) is 2.72. The van der Waals surface area contributed by atoms with E-state index in [2.05, 4.69) is 20.8 Å². The Hall–Kier alpha value is -0.0400. The number of nitrogens with two attached hydrogens (primary N) is 1. The molecule has 4 aliphatic carbocycles. The van der Waals surface area contributed by atoms with Crippen LogP contribution in [0.1, 0.15) is 85.0 Å². The third-order valence-electron chi connectivity index (χ3n) is 9.36. The van der Waals surface area contributed by atoms with Crippen molar-refractivity contribution in [3.8, 4) is 0 Å². The Morgan fingerprint density at radius 3 is 2.43 bits per heavy atom. The molecule has 0 radical (unpaired) electrons. The van der Waals surface area contributed by atoms with Crippen molar-refractivity contribution in [3.63, 3.8) is 0 Å². The van der Waals surface area contributed by atoms with E-state index >= 15 is 0 Å². The van der Waals surface area contributed by atoms with Crippen LogP contribution in [0.4, 0.5) is 0 Å². The zero-order chi connectivity index (χ0) is 14.9. The summed E-state index contributed by atoms with van der Waals surface area (Å²) >= 11 is 0. The van der Waals surface area contributed by atoms with E-state index in [0.717, 1.165) is 23.7 Å². The van der Waals surface area contributed by atoms with Crippen LogP contribution in [0.25, 0.3) is 0 Å². The molecule has 1 heteroatoms. The van der Waals surface area contributed by atoms with Crippen LogP contribution in [0.5, 0.6) is 0 Å². The minimum atomic E-state index is 0.177. The van der Waals surface area contributed by atoms with Crippen molar-refractivity contribution >= 4 is 0 Å². The first-order valence-electron chi connectivity index (χ1n) is 9.71. The molecule has 7 atom stereocenters. The van der Waals surface area contributed by atoms with Crippen molar-refractivity contribution < 1.29 is 0 Å². The van der Waals surface area contributed by atoms with Gasteiger partial charge in [0.15, 0.2) is 0 Å². The van der Waals surface area contributed by atoms with Crippen LogP contribution in [0.15, 0.2) is 0 Å². The summed E-state index contributed by atoms with van der Waals surface area (Å²) in [6.07, 6.45) is 14.3. The zero-order valence-corrected chi connectivity index (χ0v) is 14.5. The molecular weight excluding hydrogens is 254 g/mol. The SMILES string of the molecule is CC1CCC2(C)CC[C@]3(N)C4CCCCC4CCC3C12C. The molecule has 6 unspecified atom stereocenters. The molecule has 21 heavy (non-hydrogen) atoms. The zero-order valence-electron chi connectivity index (χ0n) is 14.5. The molecule has 0 bridgehead atoms. The fourth-order valence-corrected chi connectivity index (χ4v) is 7.74. The van der Waals surface area contributed by atoms with Crippen molar-refractivity contribution in [1.82, 2.24) is 0 Å². The molecular formula is C20H35N. The Kier molecular flexibility index (Phi) is 3.11. The van der Waals surface area contributed by atoms with Gasteiger partial charge in [0.05, 0.1) is 0 Å². The number of hydrogen-bond donors (Lipinski definition) is 1. The number of fused-ring (bicyclic) bond motifs is 5. The molecule has 4 saturated carbocycles. The van der Waals surface area contributed by atoms with Crippen LogP contribution < -0.4 is 5.73 Å². The van der Waals surface area contributed by atoms with Crippen molar-refractivity contribution in [2.45, 2.75) is 90.5 Å². The molecule has 0 saturated heterocycles. The van der Waals surface area contributed by atoms with Crippen LogP contribution in [0.2, 0.25) is 0 Å². The molecule has 0 spiro atoms. The highest BCUT2D eigenvalue weighted by molar-refractivity contribution is 5.18. The first-order chi connectivity index (χ1) is 9.92. The Morgan fingerprint density at radius 2 is 1.62 bits per heavy atom. The van der Waals surface area contributed by atoms with Gasteiger partial charge in [0, 0.05) is 5.54 Å². The van der Waals surface area contributed by atoms with Gasteiger partial charge in [-0.2, -0.15) is 0 Å². The molecule has 0 aliphatic heterocycles. The minimum Gasteiger partial charge on any atom is -0.325 e. The summed E-state index contributed by atoms with van der Waals surface area (Å²) < 4.78 is 0. The van der Waals surface area contributed by atoms with Crippen molar-refractivity contribution in [1.29, 1.82) is 0 Å². The summed E-state index contributed by atoms with van der Waals surface area (Å²) in [5.41, 5.74) is 8.53. The predicted octanol–water partition coefficient (Wildman–Crippen LogP) is 5.14. The standard InChI is InChI=1S/C20H35N/c1-14-10-11-18(2)12-13-20(21)16-7-5-4-6-15(16)8-9-17(20)19(14,18)3/h14-17H,4-13,21H2,1-3H3/t14?,15?,16?,17?,18?,19?,20-/m0/s1. The van der Waals surface area contributed by atoms with Crippen LogP contribution in [-0.4, -0.2) is 5.54 Å². The highest BCUT2D eigenvalue weighted by Crippen LogP contribution is 2.70. The highest BCUT2D eigenvalue weighted by atomic mass is 14.9. The lowest BCUT2D eigenvalue weighted by molar-refractivity contribution is -0.136. The van der Waals surface area contributed by atoms with Gasteiger partial charge in [-0.3, -0.25) is 0 Å². The molecule has 0 heterocycles. The molecule has 4 fully saturated rings. The molecule has 4 rings (SSSR count). The normalized spacial score (nSPS) is 60.0. The van der Waals surface area contributed by atoms with Gasteiger partial charge in [-0.05, 0) is 79.4 Å². The van der Waals surface area contributed by atoms with Gasteiger partial charge in [-0.1, -0.05) is 40.0 Å². The van der Waals surface area contributed by atoms with E-state index in [9.17, 15) is 0 Å². The van der Waals surface area contributed by atoms with Crippen molar-refractivity contribution in [3.05, 3.63) is 0 Å². The van der Waals surface area contributed by atoms with Gasteiger partial charge < -0.3 is 5.73 Å². The second-order valence-electron chi connectivity index (χ2n) is 9.68. The first-order valence-corrected chi connectivity index (χ1v) is 9.71. The summed E-state index contributed by atoms with van der Waals surface area (Å²) in [7, 11) is 0. The Bertz CT molecular complexity index is 432. The summed E-state index contributed by atoms with van der Waals surface area (Å²) in [5.74, 6) is 3.47. The van der Waals surface area contributed by atoms with E-state index in [4.69, 9.17) is 5.73 Å². The van der Waals surface area contributed by atoms with Gasteiger partial charge in [-0.15, -0.1) is 0 Å². The molecule has 1 nitrogen and oxygen atoms in total. The Labute approximate surface area is 131 Å². The van der Waals surface area contributed by atoms with Crippen LogP contribution >= 0.6 is 0 Å². The smallest absolute Gasteiger partial charge is 0.0219 e. The molecule has 0 aromatic rings. The second-order valence-corrected chi connectivity index (χ2v) is 9.68. The molecule has 120 valence electrons. The summed E-state index contributed by atoms with van der Waals surface area (Å²) in [5, 5.41) is 0. The molecule has 0 aromatic heterocycles. The average molecular weight is 290 g/mol. The highest BCUT2D eigenvalue weighted by Gasteiger charge is 2.66. The van der Waals surface area contributed by atoms with E-state index < -0.39 is 0 Å². The summed E-state index contributed by atoms with van der Waals surface area (Å²) in [6.45, 7) is 7.77. The molecule has 0 aromatic carbocycles. The van der Waals surface area contributed by atoms with Gasteiger partial charge >= 0.3 is 0 Å². The first kappa shape index (κ1) is 14.5. The van der Waals surface area contributed by atoms with E-state index in [1.165, 1.54) is 64.2 Å². The fourth-order valence-electron chi connectivity index (χ4n) is 7.74. The minimum absolute atomic E-state index is 0.177. The van der Waals surface area contributed by atoms with Crippen LogP contribution in [0.3, 0.4) is 0 Å². The van der Waals surface area contributed by atoms with E-state index in [1.807, 2.05) is 0 Å². The van der Waals surface area contributed by atoms with Gasteiger partial charge in [0.1, 0.15) is 0 Å². The van der Waals surface area contributed by atoms with E-state index in [-0.39, 0.29) is 5.54 Å². The quantitative estimate of drug-likeness (QED) is 0.657. The van der Waals surface area contributed by atoms with E-state index in [1.54, 1.807) is 0 Å². The largest absolute Gasteiger partial charge is 0.325 e.